The van der Waals surface area contributed by atoms with E-state index in [0.717, 1.165) is 18.8 Å². The Bertz CT molecular complexity index is 272. The van der Waals surface area contributed by atoms with Gasteiger partial charge in [-0.3, -0.25) is 4.79 Å². The highest BCUT2D eigenvalue weighted by Crippen LogP contribution is 2.57. The Morgan fingerprint density at radius 2 is 1.94 bits per heavy atom. The third-order valence-corrected chi connectivity index (χ3v) is 5.07. The molecule has 0 aromatic heterocycles. The minimum absolute atomic E-state index is 0.174. The lowest BCUT2D eigenvalue weighted by molar-refractivity contribution is -0.143. The van der Waals surface area contributed by atoms with Gasteiger partial charge in [0, 0.05) is 0 Å². The summed E-state index contributed by atoms with van der Waals surface area (Å²) in [6.07, 6.45) is 7.51. The molecule has 16 heavy (non-hydrogen) atoms. The Hall–Kier alpha value is -0.530. The number of carbonyl (C=O) groups excluding carboxylic acids is 1. The van der Waals surface area contributed by atoms with Crippen LogP contribution in [0.3, 0.4) is 0 Å². The first-order valence-electron chi connectivity index (χ1n) is 6.57. The van der Waals surface area contributed by atoms with Crippen molar-refractivity contribution in [2.45, 2.75) is 65.4 Å². The molecule has 2 heteroatoms. The molecule has 0 heterocycles. The standard InChI is InChI=1S/C14H24O2/c1-13(2)7-4-8-14(3)9-11(16-10-15)5-6-12(13)14/h10-12H,4-9H2,1-3H3. The van der Waals surface area contributed by atoms with Crippen molar-refractivity contribution in [3.63, 3.8) is 0 Å². The van der Waals surface area contributed by atoms with Crippen molar-refractivity contribution in [1.82, 2.24) is 0 Å². The lowest BCUT2D eigenvalue weighted by Gasteiger charge is -2.54. The monoisotopic (exact) mass is 224 g/mol. The summed E-state index contributed by atoms with van der Waals surface area (Å²) in [6, 6.07) is 0. The number of ether oxygens (including phenoxy) is 1. The third kappa shape index (κ3) is 1.99. The lowest BCUT2D eigenvalue weighted by Crippen LogP contribution is -2.47. The van der Waals surface area contributed by atoms with Gasteiger partial charge in [-0.2, -0.15) is 0 Å². The van der Waals surface area contributed by atoms with Gasteiger partial charge >= 0.3 is 0 Å². The number of carbonyl (C=O) groups is 1. The van der Waals surface area contributed by atoms with E-state index < -0.39 is 0 Å². The van der Waals surface area contributed by atoms with Gasteiger partial charge in [0.1, 0.15) is 6.10 Å². The molecule has 0 radical (unpaired) electrons. The van der Waals surface area contributed by atoms with Crippen molar-refractivity contribution < 1.29 is 9.53 Å². The first kappa shape index (κ1) is 11.9. The van der Waals surface area contributed by atoms with Crippen LogP contribution in [-0.2, 0) is 9.53 Å². The molecule has 0 aromatic carbocycles. The quantitative estimate of drug-likeness (QED) is 0.671. The zero-order valence-corrected chi connectivity index (χ0v) is 10.8. The zero-order chi connectivity index (χ0) is 11.8. The molecule has 0 amide bonds. The Morgan fingerprint density at radius 1 is 1.19 bits per heavy atom. The van der Waals surface area contributed by atoms with E-state index in [-0.39, 0.29) is 6.10 Å². The molecule has 3 unspecified atom stereocenters. The zero-order valence-electron chi connectivity index (χ0n) is 10.8. The molecule has 2 nitrogen and oxygen atoms in total. The van der Waals surface area contributed by atoms with Crippen LogP contribution in [0, 0.1) is 16.7 Å². The third-order valence-electron chi connectivity index (χ3n) is 5.07. The minimum atomic E-state index is 0.174. The van der Waals surface area contributed by atoms with Gasteiger partial charge in [0.15, 0.2) is 0 Å². The fourth-order valence-electron chi connectivity index (χ4n) is 4.39. The van der Waals surface area contributed by atoms with Crippen molar-refractivity contribution in [3.05, 3.63) is 0 Å². The van der Waals surface area contributed by atoms with E-state index in [1.54, 1.807) is 0 Å². The van der Waals surface area contributed by atoms with E-state index in [0.29, 0.717) is 17.3 Å². The van der Waals surface area contributed by atoms with Crippen molar-refractivity contribution in [1.29, 1.82) is 0 Å². The van der Waals surface area contributed by atoms with Crippen molar-refractivity contribution in [2.24, 2.45) is 16.7 Å². The second kappa shape index (κ2) is 4.05. The predicted molar refractivity (Wildman–Crippen MR) is 64.0 cm³/mol. The molecule has 2 saturated carbocycles. The molecule has 0 bridgehead atoms. The maximum Gasteiger partial charge on any atom is 0.293 e. The van der Waals surface area contributed by atoms with Gasteiger partial charge in [0.05, 0.1) is 0 Å². The summed E-state index contributed by atoms with van der Waals surface area (Å²) in [6.45, 7) is 7.85. The average Bonchev–Trinajstić information content (AvgIpc) is 2.16. The van der Waals surface area contributed by atoms with Crippen LogP contribution in [0.25, 0.3) is 0 Å². The summed E-state index contributed by atoms with van der Waals surface area (Å²) in [7, 11) is 0. The summed E-state index contributed by atoms with van der Waals surface area (Å²) in [5, 5.41) is 0. The fraction of sp³-hybridized carbons (Fsp3) is 0.929. The maximum absolute atomic E-state index is 10.4. The highest BCUT2D eigenvalue weighted by molar-refractivity contribution is 5.37. The first-order chi connectivity index (χ1) is 7.48. The molecule has 2 rings (SSSR count). The van der Waals surface area contributed by atoms with E-state index in [1.807, 2.05) is 0 Å². The fourth-order valence-corrected chi connectivity index (χ4v) is 4.39. The molecular formula is C14H24O2. The molecule has 2 aliphatic carbocycles. The predicted octanol–water partition coefficient (Wildman–Crippen LogP) is 3.54. The van der Waals surface area contributed by atoms with E-state index in [9.17, 15) is 4.79 Å². The molecule has 0 saturated heterocycles. The molecule has 0 spiro atoms. The highest BCUT2D eigenvalue weighted by atomic mass is 16.5. The second-order valence-electron chi connectivity index (χ2n) is 6.68. The van der Waals surface area contributed by atoms with Crippen LogP contribution in [0.1, 0.15) is 59.3 Å². The van der Waals surface area contributed by atoms with Crippen LogP contribution in [0.2, 0.25) is 0 Å². The van der Waals surface area contributed by atoms with Gasteiger partial charge in [0.2, 0.25) is 0 Å². The summed E-state index contributed by atoms with van der Waals surface area (Å²) < 4.78 is 5.18. The molecule has 2 fully saturated rings. The van der Waals surface area contributed by atoms with E-state index in [1.165, 1.54) is 25.7 Å². The molecule has 0 N–H and O–H groups in total. The van der Waals surface area contributed by atoms with E-state index >= 15 is 0 Å². The summed E-state index contributed by atoms with van der Waals surface area (Å²) in [5.41, 5.74) is 0.868. The van der Waals surface area contributed by atoms with Gasteiger partial charge in [-0.05, 0) is 48.9 Å². The van der Waals surface area contributed by atoms with Crippen molar-refractivity contribution in [3.8, 4) is 0 Å². The van der Waals surface area contributed by atoms with Gasteiger partial charge in [-0.1, -0.05) is 27.2 Å². The Balaban J connectivity index is 2.13. The lowest BCUT2D eigenvalue weighted by atomic mass is 9.51. The number of fused-ring (bicyclic) bond motifs is 1. The highest BCUT2D eigenvalue weighted by Gasteiger charge is 2.49. The van der Waals surface area contributed by atoms with Crippen molar-refractivity contribution in [2.75, 3.05) is 0 Å². The topological polar surface area (TPSA) is 26.3 Å². The van der Waals surface area contributed by atoms with Crippen LogP contribution in [0.4, 0.5) is 0 Å². The molecule has 2 aliphatic rings. The van der Waals surface area contributed by atoms with Crippen LogP contribution in [0.15, 0.2) is 0 Å². The minimum Gasteiger partial charge on any atom is -0.465 e. The first-order valence-corrected chi connectivity index (χ1v) is 6.57. The molecule has 0 aliphatic heterocycles. The smallest absolute Gasteiger partial charge is 0.293 e. The summed E-state index contributed by atoms with van der Waals surface area (Å²) in [4.78, 5) is 10.4. The van der Waals surface area contributed by atoms with Gasteiger partial charge in [-0.25, -0.2) is 0 Å². The normalized spacial score (nSPS) is 42.2. The number of hydrogen-bond acceptors (Lipinski definition) is 2. The largest absolute Gasteiger partial charge is 0.465 e. The molecule has 3 atom stereocenters. The van der Waals surface area contributed by atoms with Gasteiger partial charge < -0.3 is 4.74 Å². The Morgan fingerprint density at radius 3 is 2.62 bits per heavy atom. The van der Waals surface area contributed by atoms with Crippen molar-refractivity contribution >= 4 is 6.47 Å². The van der Waals surface area contributed by atoms with Crippen LogP contribution in [-0.4, -0.2) is 12.6 Å². The van der Waals surface area contributed by atoms with Crippen LogP contribution >= 0.6 is 0 Å². The average molecular weight is 224 g/mol. The molecule has 92 valence electrons. The Labute approximate surface area is 98.7 Å². The molecule has 0 aromatic rings. The van der Waals surface area contributed by atoms with Gasteiger partial charge in [0.25, 0.3) is 6.47 Å². The number of rotatable bonds is 2. The SMILES string of the molecule is CC1(C)CCCC2(C)CC(OC=O)CCC12. The van der Waals surface area contributed by atoms with E-state index in [2.05, 4.69) is 20.8 Å². The molecular weight excluding hydrogens is 200 g/mol. The number of hydrogen-bond donors (Lipinski definition) is 0. The Kier molecular flexibility index (Phi) is 3.02. The van der Waals surface area contributed by atoms with Crippen LogP contribution in [0.5, 0.6) is 0 Å². The van der Waals surface area contributed by atoms with Crippen LogP contribution < -0.4 is 0 Å². The summed E-state index contributed by atoms with van der Waals surface area (Å²) >= 11 is 0. The van der Waals surface area contributed by atoms with E-state index in [4.69, 9.17) is 4.74 Å². The van der Waals surface area contributed by atoms with Gasteiger partial charge in [-0.15, -0.1) is 0 Å². The summed E-state index contributed by atoms with van der Waals surface area (Å²) in [5.74, 6) is 0.806. The second-order valence-corrected chi connectivity index (χ2v) is 6.68. The maximum atomic E-state index is 10.4.